The van der Waals surface area contributed by atoms with Crippen molar-refractivity contribution in [1.82, 2.24) is 69.7 Å². The van der Waals surface area contributed by atoms with Crippen LogP contribution in [0.5, 0.6) is 11.5 Å². The van der Waals surface area contributed by atoms with E-state index in [9.17, 15) is 0 Å². The third-order valence-electron chi connectivity index (χ3n) is 12.9. The maximum absolute atomic E-state index is 16.6. The molecule has 3 saturated heterocycles. The Balaban J connectivity index is 0.872. The van der Waals surface area contributed by atoms with Gasteiger partial charge in [-0.15, -0.1) is 10.2 Å². The van der Waals surface area contributed by atoms with E-state index in [1.54, 1.807) is 29.2 Å². The van der Waals surface area contributed by atoms with Crippen molar-refractivity contribution in [3.05, 3.63) is 103 Å². The van der Waals surface area contributed by atoms with Crippen LogP contribution in [0.2, 0.25) is 0 Å². The summed E-state index contributed by atoms with van der Waals surface area (Å²) in [6.07, 6.45) is 7.38. The smallest absolute Gasteiger partial charge is 0.166 e. The first-order valence-electron chi connectivity index (χ1n) is 22.0. The first-order valence-corrected chi connectivity index (χ1v) is 22.0. The Labute approximate surface area is 388 Å². The monoisotopic (exact) mass is 917 g/mol. The lowest BCUT2D eigenvalue weighted by atomic mass is 9.98. The molecule has 9 heterocycles. The van der Waals surface area contributed by atoms with Crippen molar-refractivity contribution in [2.24, 2.45) is 0 Å². The zero-order chi connectivity index (χ0) is 46.6. The van der Waals surface area contributed by atoms with Crippen LogP contribution in [0.25, 0.3) is 68.3 Å². The molecule has 0 radical (unpaired) electrons. The van der Waals surface area contributed by atoms with Crippen molar-refractivity contribution in [3.63, 3.8) is 0 Å². The number of piperazine rings is 2. The van der Waals surface area contributed by atoms with Gasteiger partial charge in [0.2, 0.25) is 0 Å². The number of fused-ring (bicyclic) bond motifs is 2. The lowest BCUT2D eigenvalue weighted by Gasteiger charge is -2.33. The minimum Gasteiger partial charge on any atom is -0.496 e. The van der Waals surface area contributed by atoms with Crippen LogP contribution in [0, 0.1) is 11.6 Å². The minimum atomic E-state index is -0.700. The molecule has 3 aliphatic heterocycles. The number of hydrogen-bond acceptors (Lipinski definition) is 17. The topological polar surface area (TPSA) is 196 Å². The van der Waals surface area contributed by atoms with E-state index in [2.05, 4.69) is 74.3 Å². The SMILES string of the molecule is COc1cc(-c2ccc(F)c(-c3ncc(N)c(-c4cn(-c5cccc(N6CCN(C)CC6)n5)nn4)n3)c2OC)cc(F)c1-c1nccc(-c2cn(-c3cccc(N4C[C@@H]5C[C@H]4CN5C)n3)nn2)n1. The number of aromatic nitrogens is 12. The zero-order valence-electron chi connectivity index (χ0n) is 37.6. The summed E-state index contributed by atoms with van der Waals surface area (Å²) in [4.78, 5) is 37.2. The molecular formula is C47H45F2N17O2. The molecule has 11 rings (SSSR count). The van der Waals surface area contributed by atoms with Crippen LogP contribution in [-0.4, -0.2) is 149 Å². The van der Waals surface area contributed by atoms with E-state index in [4.69, 9.17) is 25.2 Å². The third kappa shape index (κ3) is 7.73. The highest BCUT2D eigenvalue weighted by Crippen LogP contribution is 2.44. The molecule has 0 amide bonds. The number of ether oxygens (including phenoxy) is 2. The van der Waals surface area contributed by atoms with Crippen molar-refractivity contribution in [1.29, 1.82) is 0 Å². The Hall–Kier alpha value is -8.04. The Morgan fingerprint density at radius 3 is 2.09 bits per heavy atom. The highest BCUT2D eigenvalue weighted by atomic mass is 19.1. The number of rotatable bonds is 11. The summed E-state index contributed by atoms with van der Waals surface area (Å²) in [5.74, 6) is 1.68. The average Bonchev–Trinajstić information content (AvgIpc) is 4.21. The van der Waals surface area contributed by atoms with Gasteiger partial charge in [-0.3, -0.25) is 4.90 Å². The standard InChI is InChI=1S/C47H45F2N17O2/c1-61-15-17-63(18-16-61)38-7-5-9-40(54-38)66-26-36(58-60-66)44-33(50)22-52-47(56-44)43-31(48)12-11-30(45(43)68-4)27-19-32(49)42(37(20-27)67-3)46-51-14-13-34(53-46)35-25-65(59-57-35)41-10-6-8-39(55-41)64-24-28-21-29(64)23-62(28)2/h5-14,19-20,22,25-26,28-29H,15-18,21,23-24,50H2,1-4H3/t28-,29-/m0/s1. The van der Waals surface area contributed by atoms with E-state index >= 15 is 8.78 Å². The normalized spacial score (nSPS) is 17.3. The zero-order valence-corrected chi connectivity index (χ0v) is 37.6. The number of nitrogen functional groups attached to an aromatic ring is 1. The molecule has 68 heavy (non-hydrogen) atoms. The maximum atomic E-state index is 16.6. The molecule has 0 saturated carbocycles. The van der Waals surface area contributed by atoms with Crippen LogP contribution < -0.4 is 25.0 Å². The maximum Gasteiger partial charge on any atom is 0.166 e. The molecule has 8 aromatic rings. The largest absolute Gasteiger partial charge is 0.496 e. The van der Waals surface area contributed by atoms with Crippen molar-refractivity contribution >= 4 is 17.3 Å². The van der Waals surface area contributed by atoms with Crippen LogP contribution in [0.3, 0.4) is 0 Å². The lowest BCUT2D eigenvalue weighted by molar-refractivity contribution is 0.292. The fraction of sp³-hybridized carbons (Fsp3) is 0.277. The number of likely N-dealkylation sites (N-methyl/N-ethyl adjacent to an activating group) is 2. The van der Waals surface area contributed by atoms with Gasteiger partial charge in [0.15, 0.2) is 23.3 Å². The number of hydrogen-bond donors (Lipinski definition) is 1. The van der Waals surface area contributed by atoms with Gasteiger partial charge in [0.25, 0.3) is 0 Å². The van der Waals surface area contributed by atoms with Gasteiger partial charge in [0.05, 0.1) is 55.3 Å². The summed E-state index contributed by atoms with van der Waals surface area (Å²) in [5.41, 5.74) is 8.53. The molecule has 3 aliphatic rings. The number of anilines is 3. The summed E-state index contributed by atoms with van der Waals surface area (Å²) in [6, 6.07) is 19.8. The van der Waals surface area contributed by atoms with Gasteiger partial charge in [-0.25, -0.2) is 48.0 Å². The highest BCUT2D eigenvalue weighted by Gasteiger charge is 2.42. The Morgan fingerprint density at radius 2 is 1.37 bits per heavy atom. The second kappa shape index (κ2) is 17.3. The van der Waals surface area contributed by atoms with Gasteiger partial charge in [0, 0.05) is 63.1 Å². The molecule has 0 unspecified atom stereocenters. The summed E-state index contributed by atoms with van der Waals surface area (Å²) in [7, 11) is 7.07. The van der Waals surface area contributed by atoms with Gasteiger partial charge in [-0.05, 0) is 80.7 Å². The Kier molecular flexibility index (Phi) is 10.8. The predicted molar refractivity (Wildman–Crippen MR) is 250 cm³/mol. The van der Waals surface area contributed by atoms with E-state index in [-0.39, 0.29) is 45.7 Å². The number of nitrogens with two attached hydrogens (primary N) is 1. The molecule has 19 nitrogen and oxygen atoms in total. The molecular weight excluding hydrogens is 873 g/mol. The fourth-order valence-electron chi connectivity index (χ4n) is 9.23. The van der Waals surface area contributed by atoms with Crippen molar-refractivity contribution in [2.45, 2.75) is 18.5 Å². The minimum absolute atomic E-state index is 0.00697. The summed E-state index contributed by atoms with van der Waals surface area (Å²) in [5, 5.41) is 17.4. The third-order valence-corrected chi connectivity index (χ3v) is 12.9. The first kappa shape index (κ1) is 42.6. The molecule has 2 aromatic carbocycles. The molecule has 0 spiro atoms. The summed E-state index contributed by atoms with van der Waals surface area (Å²) < 4.78 is 47.3. The quantitative estimate of drug-likeness (QED) is 0.180. The molecule has 2 N–H and O–H groups in total. The molecule has 344 valence electrons. The van der Waals surface area contributed by atoms with Crippen LogP contribution in [-0.2, 0) is 0 Å². The van der Waals surface area contributed by atoms with Gasteiger partial charge in [-0.1, -0.05) is 22.6 Å². The van der Waals surface area contributed by atoms with Crippen molar-refractivity contribution < 1.29 is 18.3 Å². The van der Waals surface area contributed by atoms with Gasteiger partial charge in [-0.2, -0.15) is 0 Å². The molecule has 0 aliphatic carbocycles. The number of benzene rings is 2. The van der Waals surface area contributed by atoms with Gasteiger partial charge < -0.3 is 29.9 Å². The van der Waals surface area contributed by atoms with E-state index < -0.39 is 11.6 Å². The van der Waals surface area contributed by atoms with Crippen LogP contribution >= 0.6 is 0 Å². The molecule has 21 heteroatoms. The fourth-order valence-corrected chi connectivity index (χ4v) is 9.23. The molecule has 2 atom stereocenters. The van der Waals surface area contributed by atoms with Gasteiger partial charge in [0.1, 0.15) is 51.9 Å². The molecule has 6 aromatic heterocycles. The molecule has 2 bridgehead atoms. The number of methoxy groups -OCH3 is 2. The highest BCUT2D eigenvalue weighted by molar-refractivity contribution is 5.84. The van der Waals surface area contributed by atoms with Crippen LogP contribution in [0.15, 0.2) is 91.5 Å². The number of pyridine rings is 2. The second-order valence-corrected chi connectivity index (χ2v) is 17.0. The number of halogens is 2. The average molecular weight is 918 g/mol. The summed E-state index contributed by atoms with van der Waals surface area (Å²) in [6.45, 7) is 5.53. The number of likely N-dealkylation sites (tertiary alicyclic amines) is 1. The van der Waals surface area contributed by atoms with Crippen LogP contribution in [0.4, 0.5) is 26.1 Å². The molecule has 3 fully saturated rings. The predicted octanol–water partition coefficient (Wildman–Crippen LogP) is 5.08. The van der Waals surface area contributed by atoms with E-state index in [0.717, 1.165) is 57.3 Å². The Morgan fingerprint density at radius 1 is 0.662 bits per heavy atom. The number of nitrogens with zero attached hydrogens (tertiary/aromatic N) is 16. The Bertz CT molecular complexity index is 3190. The summed E-state index contributed by atoms with van der Waals surface area (Å²) >= 11 is 0. The van der Waals surface area contributed by atoms with Gasteiger partial charge >= 0.3 is 0 Å². The van der Waals surface area contributed by atoms with E-state index in [1.807, 2.05) is 36.4 Å². The lowest BCUT2D eigenvalue weighted by Crippen LogP contribution is -2.44. The van der Waals surface area contributed by atoms with Crippen molar-refractivity contribution in [2.75, 3.05) is 83.1 Å². The van der Waals surface area contributed by atoms with Crippen LogP contribution in [0.1, 0.15) is 6.42 Å². The second-order valence-electron chi connectivity index (χ2n) is 17.0. The first-order chi connectivity index (χ1) is 33.1. The van der Waals surface area contributed by atoms with Crippen molar-refractivity contribution in [3.8, 4) is 79.8 Å². The van der Waals surface area contributed by atoms with E-state index in [1.165, 1.54) is 49.5 Å². The van der Waals surface area contributed by atoms with E-state index in [0.29, 0.717) is 51.9 Å².